The van der Waals surface area contributed by atoms with Crippen LogP contribution >= 0.6 is 0 Å². The van der Waals surface area contributed by atoms with Crippen molar-refractivity contribution in [3.8, 4) is 0 Å². The van der Waals surface area contributed by atoms with E-state index in [0.717, 1.165) is 43.6 Å². The summed E-state index contributed by atoms with van der Waals surface area (Å²) in [4.78, 5) is 19.3. The Morgan fingerprint density at radius 2 is 2.04 bits per heavy atom. The molecule has 0 saturated carbocycles. The highest BCUT2D eigenvalue weighted by molar-refractivity contribution is 5.94. The minimum absolute atomic E-state index is 0.0766. The van der Waals surface area contributed by atoms with Gasteiger partial charge in [-0.1, -0.05) is 25.1 Å². The van der Waals surface area contributed by atoms with E-state index in [1.807, 2.05) is 18.2 Å². The van der Waals surface area contributed by atoms with Gasteiger partial charge in [0.25, 0.3) is 0 Å². The van der Waals surface area contributed by atoms with E-state index in [2.05, 4.69) is 40.8 Å². The predicted molar refractivity (Wildman–Crippen MR) is 116 cm³/mol. The van der Waals surface area contributed by atoms with Crippen LogP contribution in [0.2, 0.25) is 0 Å². The van der Waals surface area contributed by atoms with E-state index in [1.54, 1.807) is 0 Å². The Bertz CT molecular complexity index is 667. The second-order valence-electron chi connectivity index (χ2n) is 8.06. The lowest BCUT2D eigenvalue weighted by Crippen LogP contribution is -2.40. The maximum Gasteiger partial charge on any atom is 0.225 e. The van der Waals surface area contributed by atoms with E-state index in [9.17, 15) is 4.79 Å². The molecular formula is C22H35N5O. The Hall–Kier alpha value is -2.08. The summed E-state index contributed by atoms with van der Waals surface area (Å²) in [6, 6.07) is 8.04. The number of carbonyl (C=O) groups excluding carboxylic acids is 1. The number of rotatable bonds is 7. The van der Waals surface area contributed by atoms with Crippen molar-refractivity contribution in [3.63, 3.8) is 0 Å². The molecule has 1 aromatic carbocycles. The highest BCUT2D eigenvalue weighted by Crippen LogP contribution is 2.31. The lowest BCUT2D eigenvalue weighted by atomic mass is 9.91. The van der Waals surface area contributed by atoms with Gasteiger partial charge >= 0.3 is 0 Å². The number of para-hydroxylation sites is 1. The topological polar surface area (TPSA) is 68.8 Å². The number of carbonyl (C=O) groups is 1. The summed E-state index contributed by atoms with van der Waals surface area (Å²) in [7, 11) is 0. The number of aliphatic imine (C=N–C) groups is 1. The largest absolute Gasteiger partial charge is 0.357 e. The van der Waals surface area contributed by atoms with Gasteiger partial charge in [-0.15, -0.1) is 0 Å². The van der Waals surface area contributed by atoms with Gasteiger partial charge in [-0.3, -0.25) is 9.79 Å². The van der Waals surface area contributed by atoms with Crippen molar-refractivity contribution in [2.24, 2.45) is 10.9 Å². The molecular weight excluding hydrogens is 350 g/mol. The maximum absolute atomic E-state index is 12.0. The molecule has 1 aromatic rings. The minimum Gasteiger partial charge on any atom is -0.357 e. The number of fused-ring (bicyclic) bond motifs is 1. The van der Waals surface area contributed by atoms with Crippen LogP contribution in [0.15, 0.2) is 29.3 Å². The Labute approximate surface area is 169 Å². The van der Waals surface area contributed by atoms with Crippen LogP contribution in [0.3, 0.4) is 0 Å². The van der Waals surface area contributed by atoms with Crippen LogP contribution in [-0.4, -0.2) is 56.0 Å². The summed E-state index contributed by atoms with van der Waals surface area (Å²) in [5, 5.41) is 9.74. The second-order valence-corrected chi connectivity index (χ2v) is 8.06. The molecule has 0 spiro atoms. The Morgan fingerprint density at radius 1 is 1.25 bits per heavy atom. The van der Waals surface area contributed by atoms with Gasteiger partial charge < -0.3 is 20.9 Å². The van der Waals surface area contributed by atoms with Gasteiger partial charge in [0.1, 0.15) is 0 Å². The molecule has 0 aromatic heterocycles. The molecule has 6 nitrogen and oxygen atoms in total. The summed E-state index contributed by atoms with van der Waals surface area (Å²) < 4.78 is 0. The fourth-order valence-electron chi connectivity index (χ4n) is 4.00. The first-order valence-corrected chi connectivity index (χ1v) is 10.8. The summed E-state index contributed by atoms with van der Waals surface area (Å²) in [6.45, 7) is 10.4. The molecule has 0 bridgehead atoms. The van der Waals surface area contributed by atoms with Crippen molar-refractivity contribution in [1.29, 1.82) is 0 Å². The van der Waals surface area contributed by atoms with Crippen LogP contribution in [0.5, 0.6) is 0 Å². The molecule has 1 saturated heterocycles. The summed E-state index contributed by atoms with van der Waals surface area (Å²) >= 11 is 0. The average molecular weight is 386 g/mol. The molecule has 3 rings (SSSR count). The zero-order chi connectivity index (χ0) is 19.8. The highest BCUT2D eigenvalue weighted by atomic mass is 16.1. The van der Waals surface area contributed by atoms with Crippen LogP contribution in [0, 0.1) is 5.92 Å². The monoisotopic (exact) mass is 385 g/mol. The van der Waals surface area contributed by atoms with Gasteiger partial charge in [0.05, 0.1) is 6.54 Å². The van der Waals surface area contributed by atoms with Gasteiger partial charge in [-0.2, -0.15) is 0 Å². The first-order valence-electron chi connectivity index (χ1n) is 10.8. The first kappa shape index (κ1) is 20.6. The van der Waals surface area contributed by atoms with Crippen LogP contribution in [0.1, 0.15) is 51.0 Å². The predicted octanol–water partition coefficient (Wildman–Crippen LogP) is 2.79. The van der Waals surface area contributed by atoms with Crippen molar-refractivity contribution in [2.45, 2.75) is 45.4 Å². The standard InChI is InChI=1S/C22H35N5O/c1-3-23-22(24-11-6-12-27-13-9-17(2)10-14-27)25-16-18-15-21(28)26-20-8-5-4-7-19(18)20/h4-5,7-8,17-18H,3,6,9-16H2,1-2H3,(H,26,28)(H2,23,24,25). The fourth-order valence-corrected chi connectivity index (χ4v) is 4.00. The van der Waals surface area contributed by atoms with E-state index in [1.165, 1.54) is 31.5 Å². The Morgan fingerprint density at radius 3 is 2.82 bits per heavy atom. The SMILES string of the molecule is CCNC(=NCC1CC(=O)Nc2ccccc21)NCCCN1CCC(C)CC1. The molecule has 1 atom stereocenters. The molecule has 6 heteroatoms. The molecule has 2 heterocycles. The number of benzene rings is 1. The molecule has 0 aliphatic carbocycles. The van der Waals surface area contributed by atoms with Crippen molar-refractivity contribution in [2.75, 3.05) is 44.6 Å². The molecule has 1 fully saturated rings. The van der Waals surface area contributed by atoms with Crippen molar-refractivity contribution >= 4 is 17.6 Å². The molecule has 1 unspecified atom stereocenters. The molecule has 0 radical (unpaired) electrons. The van der Waals surface area contributed by atoms with Gasteiger partial charge in [-0.05, 0) is 63.4 Å². The van der Waals surface area contributed by atoms with Crippen LogP contribution in [-0.2, 0) is 4.79 Å². The summed E-state index contributed by atoms with van der Waals surface area (Å²) in [5.41, 5.74) is 2.11. The number of amides is 1. The van der Waals surface area contributed by atoms with Crippen LogP contribution < -0.4 is 16.0 Å². The fraction of sp³-hybridized carbons (Fsp3) is 0.636. The third-order valence-corrected chi connectivity index (χ3v) is 5.74. The Balaban J connectivity index is 1.48. The zero-order valence-corrected chi connectivity index (χ0v) is 17.3. The number of nitrogens with one attached hydrogen (secondary N) is 3. The lowest BCUT2D eigenvalue weighted by Gasteiger charge is -2.30. The van der Waals surface area contributed by atoms with E-state index < -0.39 is 0 Å². The van der Waals surface area contributed by atoms with Gasteiger partial charge in [-0.25, -0.2) is 0 Å². The number of hydrogen-bond donors (Lipinski definition) is 3. The van der Waals surface area contributed by atoms with Crippen LogP contribution in [0.25, 0.3) is 0 Å². The molecule has 28 heavy (non-hydrogen) atoms. The zero-order valence-electron chi connectivity index (χ0n) is 17.3. The number of anilines is 1. The number of guanidine groups is 1. The molecule has 154 valence electrons. The normalized spacial score (nSPS) is 21.1. The van der Waals surface area contributed by atoms with E-state index in [4.69, 9.17) is 4.99 Å². The average Bonchev–Trinajstić information content (AvgIpc) is 2.70. The lowest BCUT2D eigenvalue weighted by molar-refractivity contribution is -0.116. The third-order valence-electron chi connectivity index (χ3n) is 5.74. The van der Waals surface area contributed by atoms with E-state index >= 15 is 0 Å². The van der Waals surface area contributed by atoms with Crippen LogP contribution in [0.4, 0.5) is 5.69 Å². The quantitative estimate of drug-likeness (QED) is 0.384. The second kappa shape index (κ2) is 10.5. The molecule has 1 amide bonds. The number of hydrogen-bond acceptors (Lipinski definition) is 3. The third kappa shape index (κ3) is 5.96. The highest BCUT2D eigenvalue weighted by Gasteiger charge is 2.24. The molecule has 2 aliphatic heterocycles. The summed E-state index contributed by atoms with van der Waals surface area (Å²) in [5.74, 6) is 1.94. The van der Waals surface area contributed by atoms with Gasteiger partial charge in [0.15, 0.2) is 5.96 Å². The Kier molecular flexibility index (Phi) is 7.71. The number of nitrogens with zero attached hydrogens (tertiary/aromatic N) is 2. The minimum atomic E-state index is 0.0766. The van der Waals surface area contributed by atoms with Crippen molar-refractivity contribution < 1.29 is 4.79 Å². The first-order chi connectivity index (χ1) is 13.7. The van der Waals surface area contributed by atoms with Crippen molar-refractivity contribution in [3.05, 3.63) is 29.8 Å². The maximum atomic E-state index is 12.0. The summed E-state index contributed by atoms with van der Waals surface area (Å²) in [6.07, 6.45) is 4.27. The van der Waals surface area contributed by atoms with E-state index in [-0.39, 0.29) is 11.8 Å². The molecule has 2 aliphatic rings. The smallest absolute Gasteiger partial charge is 0.225 e. The number of piperidine rings is 1. The number of likely N-dealkylation sites (tertiary alicyclic amines) is 1. The van der Waals surface area contributed by atoms with Crippen molar-refractivity contribution in [1.82, 2.24) is 15.5 Å². The van der Waals surface area contributed by atoms with E-state index in [0.29, 0.717) is 13.0 Å². The van der Waals surface area contributed by atoms with Gasteiger partial charge in [0.2, 0.25) is 5.91 Å². The molecule has 3 N–H and O–H groups in total. The van der Waals surface area contributed by atoms with Gasteiger partial charge in [0, 0.05) is 31.1 Å².